The average molecular weight is 563 g/mol. The molecule has 0 bridgehead atoms. The van der Waals surface area contributed by atoms with Crippen LogP contribution in [0, 0.1) is 0 Å². The molecule has 3 nitrogen and oxygen atoms in total. The van der Waals surface area contributed by atoms with Crippen LogP contribution in [0.15, 0.2) is 158 Å². The molecule has 206 valence electrons. The van der Waals surface area contributed by atoms with Crippen molar-refractivity contribution < 1.29 is 4.74 Å². The molecule has 0 radical (unpaired) electrons. The van der Waals surface area contributed by atoms with Gasteiger partial charge < -0.3 is 4.74 Å². The summed E-state index contributed by atoms with van der Waals surface area (Å²) in [6.45, 7) is 0. The second-order valence-electron chi connectivity index (χ2n) is 11.2. The number of nitrogens with zero attached hydrogens (tertiary/aromatic N) is 2. The summed E-state index contributed by atoms with van der Waals surface area (Å²) in [5.74, 6) is 2.77. The first-order chi connectivity index (χ1) is 21.8. The fourth-order valence-electron chi connectivity index (χ4n) is 6.55. The second kappa shape index (κ2) is 9.82. The summed E-state index contributed by atoms with van der Waals surface area (Å²) in [5, 5.41) is 2.37. The van der Waals surface area contributed by atoms with Crippen LogP contribution in [0.2, 0.25) is 0 Å². The molecule has 3 heteroatoms. The maximum Gasteiger partial charge on any atom is 0.145 e. The van der Waals surface area contributed by atoms with Crippen molar-refractivity contribution in [1.82, 2.24) is 9.55 Å². The molecule has 1 aliphatic heterocycles. The van der Waals surface area contributed by atoms with E-state index in [-0.39, 0.29) is 0 Å². The lowest BCUT2D eigenvalue weighted by Gasteiger charge is -2.22. The Morgan fingerprint density at radius 2 is 1.11 bits per heavy atom. The van der Waals surface area contributed by atoms with Gasteiger partial charge in [0.2, 0.25) is 0 Å². The maximum absolute atomic E-state index is 6.30. The predicted molar refractivity (Wildman–Crippen MR) is 180 cm³/mol. The molecule has 44 heavy (non-hydrogen) atoms. The molecule has 0 unspecified atom stereocenters. The van der Waals surface area contributed by atoms with Crippen LogP contribution in [-0.2, 0) is 0 Å². The number of imidazole rings is 1. The highest BCUT2D eigenvalue weighted by Crippen LogP contribution is 2.48. The van der Waals surface area contributed by atoms with Crippen molar-refractivity contribution in [1.29, 1.82) is 0 Å². The smallest absolute Gasteiger partial charge is 0.145 e. The van der Waals surface area contributed by atoms with Gasteiger partial charge in [-0.3, -0.25) is 4.57 Å². The van der Waals surface area contributed by atoms with Crippen molar-refractivity contribution in [2.75, 3.05) is 0 Å². The molecule has 9 rings (SSSR count). The molecule has 0 fully saturated rings. The minimum Gasteiger partial charge on any atom is -0.456 e. The van der Waals surface area contributed by atoms with E-state index in [9.17, 15) is 0 Å². The molecule has 8 aromatic rings. The number of benzene rings is 7. The van der Waals surface area contributed by atoms with Crippen molar-refractivity contribution in [3.8, 4) is 62.0 Å². The summed E-state index contributed by atoms with van der Waals surface area (Å²) in [6, 6.07) is 55.5. The SMILES string of the molecule is c1ccc(-c2nc3ccccc3n2-c2ccc(-c3ccc(-c4ccc5c6c(cccc46)-c4ccccc4O5)cc3)cc2)cc1. The summed E-state index contributed by atoms with van der Waals surface area (Å²) >= 11 is 0. The molecule has 0 aliphatic carbocycles. The number of para-hydroxylation sites is 3. The van der Waals surface area contributed by atoms with E-state index in [4.69, 9.17) is 9.72 Å². The van der Waals surface area contributed by atoms with E-state index in [1.807, 2.05) is 24.3 Å². The fourth-order valence-corrected chi connectivity index (χ4v) is 6.55. The number of rotatable bonds is 4. The summed E-state index contributed by atoms with van der Waals surface area (Å²) in [5.41, 5.74) is 11.4. The van der Waals surface area contributed by atoms with E-state index >= 15 is 0 Å². The van der Waals surface area contributed by atoms with E-state index in [1.54, 1.807) is 0 Å². The Morgan fingerprint density at radius 3 is 1.95 bits per heavy atom. The minimum absolute atomic E-state index is 0.910. The molecule has 0 amide bonds. The third-order valence-electron chi connectivity index (χ3n) is 8.65. The molecular formula is C41H26N2O. The monoisotopic (exact) mass is 562 g/mol. The molecule has 0 saturated carbocycles. The predicted octanol–water partition coefficient (Wildman–Crippen LogP) is 11.0. The molecule has 0 atom stereocenters. The third-order valence-corrected chi connectivity index (χ3v) is 8.65. The summed E-state index contributed by atoms with van der Waals surface area (Å²) < 4.78 is 8.55. The Bertz CT molecular complexity index is 2330. The van der Waals surface area contributed by atoms with Crippen LogP contribution >= 0.6 is 0 Å². The minimum atomic E-state index is 0.910. The number of hydrogen-bond acceptors (Lipinski definition) is 2. The first-order valence-corrected chi connectivity index (χ1v) is 14.9. The van der Waals surface area contributed by atoms with Crippen molar-refractivity contribution in [2.45, 2.75) is 0 Å². The standard InChI is InChI=1S/C41H26N2O/c1-2-9-30(10-3-1)41-42-36-14-5-6-15-37(36)43(41)31-23-21-28(22-24-31)27-17-19-29(20-18-27)32-25-26-39-40-34(32)12-8-13-35(40)33-11-4-7-16-38(33)44-39/h1-26H. The summed E-state index contributed by atoms with van der Waals surface area (Å²) in [7, 11) is 0. The van der Waals surface area contributed by atoms with Crippen molar-refractivity contribution in [2.24, 2.45) is 0 Å². The fraction of sp³-hybridized carbons (Fsp3) is 0. The lowest BCUT2D eigenvalue weighted by Crippen LogP contribution is -1.97. The molecular weight excluding hydrogens is 536 g/mol. The normalized spacial score (nSPS) is 11.8. The Kier molecular flexibility index (Phi) is 5.50. The zero-order chi connectivity index (χ0) is 29.0. The molecule has 2 heterocycles. The van der Waals surface area contributed by atoms with Crippen LogP contribution in [0.3, 0.4) is 0 Å². The van der Waals surface area contributed by atoms with Crippen LogP contribution in [0.4, 0.5) is 0 Å². The summed E-state index contributed by atoms with van der Waals surface area (Å²) in [4.78, 5) is 4.99. The van der Waals surface area contributed by atoms with E-state index in [0.717, 1.165) is 45.2 Å². The average Bonchev–Trinajstić information content (AvgIpc) is 3.49. The quantitative estimate of drug-likeness (QED) is 0.213. The Labute approximate surface area is 255 Å². The van der Waals surface area contributed by atoms with Crippen LogP contribution in [0.1, 0.15) is 0 Å². The molecule has 0 spiro atoms. The van der Waals surface area contributed by atoms with Crippen LogP contribution in [0.25, 0.3) is 72.3 Å². The molecule has 7 aromatic carbocycles. The van der Waals surface area contributed by atoms with Gasteiger partial charge in [0.15, 0.2) is 0 Å². The van der Waals surface area contributed by atoms with E-state index < -0.39 is 0 Å². The van der Waals surface area contributed by atoms with Gasteiger partial charge in [0.05, 0.1) is 11.0 Å². The van der Waals surface area contributed by atoms with Crippen molar-refractivity contribution in [3.63, 3.8) is 0 Å². The Hall–Kier alpha value is -5.93. The zero-order valence-electron chi connectivity index (χ0n) is 23.8. The highest BCUT2D eigenvalue weighted by atomic mass is 16.5. The molecule has 1 aromatic heterocycles. The number of hydrogen-bond donors (Lipinski definition) is 0. The number of aromatic nitrogens is 2. The first kappa shape index (κ1) is 24.6. The second-order valence-corrected chi connectivity index (χ2v) is 11.2. The molecule has 0 N–H and O–H groups in total. The van der Waals surface area contributed by atoms with Gasteiger partial charge in [-0.25, -0.2) is 4.98 Å². The summed E-state index contributed by atoms with van der Waals surface area (Å²) in [6.07, 6.45) is 0. The topological polar surface area (TPSA) is 27.1 Å². The lowest BCUT2D eigenvalue weighted by molar-refractivity contribution is 0.487. The van der Waals surface area contributed by atoms with E-state index in [0.29, 0.717) is 0 Å². The van der Waals surface area contributed by atoms with Crippen molar-refractivity contribution >= 4 is 21.8 Å². The largest absolute Gasteiger partial charge is 0.456 e. The van der Waals surface area contributed by atoms with E-state index in [1.165, 1.54) is 38.6 Å². The van der Waals surface area contributed by atoms with Gasteiger partial charge in [0.1, 0.15) is 17.3 Å². The van der Waals surface area contributed by atoms with Gasteiger partial charge in [-0.05, 0) is 69.6 Å². The number of ether oxygens (including phenoxy) is 1. The number of fused-ring (bicyclic) bond motifs is 3. The highest BCUT2D eigenvalue weighted by molar-refractivity contribution is 6.09. The third kappa shape index (κ3) is 3.87. The molecule has 1 aliphatic rings. The Balaban J connectivity index is 1.07. The van der Waals surface area contributed by atoms with Gasteiger partial charge in [-0.1, -0.05) is 121 Å². The van der Waals surface area contributed by atoms with Gasteiger partial charge in [0, 0.05) is 22.2 Å². The first-order valence-electron chi connectivity index (χ1n) is 14.9. The van der Waals surface area contributed by atoms with Crippen LogP contribution in [-0.4, -0.2) is 9.55 Å². The van der Waals surface area contributed by atoms with Gasteiger partial charge in [0.25, 0.3) is 0 Å². The lowest BCUT2D eigenvalue weighted by atomic mass is 9.90. The maximum atomic E-state index is 6.30. The van der Waals surface area contributed by atoms with E-state index in [2.05, 4.69) is 138 Å². The van der Waals surface area contributed by atoms with Gasteiger partial charge in [-0.2, -0.15) is 0 Å². The Morgan fingerprint density at radius 1 is 0.432 bits per heavy atom. The zero-order valence-corrected chi connectivity index (χ0v) is 23.8. The van der Waals surface area contributed by atoms with Crippen LogP contribution in [0.5, 0.6) is 11.5 Å². The molecule has 0 saturated heterocycles. The van der Waals surface area contributed by atoms with Gasteiger partial charge >= 0.3 is 0 Å². The van der Waals surface area contributed by atoms with Crippen molar-refractivity contribution in [3.05, 3.63) is 158 Å². The van der Waals surface area contributed by atoms with Crippen LogP contribution < -0.4 is 4.74 Å². The van der Waals surface area contributed by atoms with Gasteiger partial charge in [-0.15, -0.1) is 0 Å². The highest BCUT2D eigenvalue weighted by Gasteiger charge is 2.21.